The first kappa shape index (κ1) is 11.2. The summed E-state index contributed by atoms with van der Waals surface area (Å²) in [4.78, 5) is 11.1. The molecule has 1 rings (SSSR count). The molecule has 4 heteroatoms. The molecule has 1 fully saturated rings. The Kier molecular flexibility index (Phi) is 5.25. The van der Waals surface area contributed by atoms with Crippen LogP contribution in [0.5, 0.6) is 0 Å². The van der Waals surface area contributed by atoms with Crippen LogP contribution in [-0.4, -0.2) is 38.3 Å². The Bertz CT molecular complexity index is 189. The summed E-state index contributed by atoms with van der Waals surface area (Å²) in [6.07, 6.45) is 4.19. The molecule has 0 aliphatic carbocycles. The second-order valence-corrected chi connectivity index (χ2v) is 3.36. The van der Waals surface area contributed by atoms with Crippen molar-refractivity contribution in [2.75, 3.05) is 26.2 Å². The van der Waals surface area contributed by atoms with Gasteiger partial charge in [-0.2, -0.15) is 0 Å². The van der Waals surface area contributed by atoms with E-state index in [0.717, 1.165) is 26.0 Å². The lowest BCUT2D eigenvalue weighted by Gasteiger charge is -2.10. The molecular formula is C10H18N2O2. The van der Waals surface area contributed by atoms with Crippen LogP contribution in [0.2, 0.25) is 0 Å². The zero-order chi connectivity index (χ0) is 10.2. The second-order valence-electron chi connectivity index (χ2n) is 3.36. The smallest absolute Gasteiger partial charge is 0.234 e. The summed E-state index contributed by atoms with van der Waals surface area (Å²) < 4.78 is 5.41. The molecule has 0 bridgehead atoms. The summed E-state index contributed by atoms with van der Waals surface area (Å²) in [7, 11) is 0. The van der Waals surface area contributed by atoms with Crippen LogP contribution < -0.4 is 10.6 Å². The first-order valence-electron chi connectivity index (χ1n) is 5.03. The van der Waals surface area contributed by atoms with Gasteiger partial charge in [0, 0.05) is 19.7 Å². The molecule has 1 heterocycles. The zero-order valence-electron chi connectivity index (χ0n) is 8.42. The number of carbonyl (C=O) groups is 1. The molecule has 1 aliphatic heterocycles. The lowest BCUT2D eigenvalue weighted by Crippen LogP contribution is -2.37. The Morgan fingerprint density at radius 2 is 2.50 bits per heavy atom. The van der Waals surface area contributed by atoms with Crippen molar-refractivity contribution in [3.63, 3.8) is 0 Å². The molecule has 0 aromatic heterocycles. The average molecular weight is 198 g/mol. The van der Waals surface area contributed by atoms with Crippen molar-refractivity contribution >= 4 is 5.91 Å². The highest BCUT2D eigenvalue weighted by Gasteiger charge is 2.14. The van der Waals surface area contributed by atoms with Gasteiger partial charge in [-0.15, -0.1) is 6.58 Å². The predicted molar refractivity (Wildman–Crippen MR) is 55.1 cm³/mol. The van der Waals surface area contributed by atoms with Crippen molar-refractivity contribution in [1.82, 2.24) is 10.6 Å². The van der Waals surface area contributed by atoms with Crippen LogP contribution in [-0.2, 0) is 9.53 Å². The van der Waals surface area contributed by atoms with Crippen LogP contribution in [0.15, 0.2) is 12.7 Å². The molecule has 1 amide bonds. The average Bonchev–Trinajstić information content (AvgIpc) is 2.67. The summed E-state index contributed by atoms with van der Waals surface area (Å²) in [5.74, 6) is 0.00268. The third-order valence-electron chi connectivity index (χ3n) is 2.13. The Morgan fingerprint density at radius 3 is 3.14 bits per heavy atom. The molecule has 0 spiro atoms. The number of hydrogen-bond donors (Lipinski definition) is 2. The van der Waals surface area contributed by atoms with Gasteiger partial charge in [0.05, 0.1) is 12.6 Å². The van der Waals surface area contributed by atoms with Crippen molar-refractivity contribution < 1.29 is 9.53 Å². The maximum Gasteiger partial charge on any atom is 0.234 e. The molecule has 1 aliphatic rings. The SMILES string of the molecule is C=CCNC(=O)CNCC1CCCO1. The molecule has 14 heavy (non-hydrogen) atoms. The number of ether oxygens (including phenoxy) is 1. The molecule has 0 aromatic carbocycles. The zero-order valence-corrected chi connectivity index (χ0v) is 8.42. The van der Waals surface area contributed by atoms with Gasteiger partial charge in [0.25, 0.3) is 0 Å². The van der Waals surface area contributed by atoms with Crippen LogP contribution >= 0.6 is 0 Å². The normalized spacial score (nSPS) is 20.7. The minimum atomic E-state index is 0.00268. The molecule has 1 saturated heterocycles. The Balaban J connectivity index is 1.96. The lowest BCUT2D eigenvalue weighted by molar-refractivity contribution is -0.120. The van der Waals surface area contributed by atoms with E-state index in [2.05, 4.69) is 17.2 Å². The van der Waals surface area contributed by atoms with Gasteiger partial charge in [-0.25, -0.2) is 0 Å². The van der Waals surface area contributed by atoms with Crippen LogP contribution in [0.1, 0.15) is 12.8 Å². The van der Waals surface area contributed by atoms with Crippen molar-refractivity contribution in [1.29, 1.82) is 0 Å². The van der Waals surface area contributed by atoms with Crippen LogP contribution in [0.4, 0.5) is 0 Å². The van der Waals surface area contributed by atoms with Crippen LogP contribution in [0.3, 0.4) is 0 Å². The van der Waals surface area contributed by atoms with Crippen molar-refractivity contribution in [3.05, 3.63) is 12.7 Å². The number of amides is 1. The van der Waals surface area contributed by atoms with Crippen molar-refractivity contribution in [2.45, 2.75) is 18.9 Å². The Hall–Kier alpha value is -0.870. The van der Waals surface area contributed by atoms with E-state index < -0.39 is 0 Å². The van der Waals surface area contributed by atoms with Gasteiger partial charge in [-0.1, -0.05) is 6.08 Å². The summed E-state index contributed by atoms with van der Waals surface area (Å²) in [5, 5.41) is 5.76. The third kappa shape index (κ3) is 4.39. The van der Waals surface area contributed by atoms with Gasteiger partial charge in [0.1, 0.15) is 0 Å². The van der Waals surface area contributed by atoms with E-state index in [9.17, 15) is 4.79 Å². The van der Waals surface area contributed by atoms with Gasteiger partial charge in [-0.05, 0) is 12.8 Å². The molecule has 80 valence electrons. The Morgan fingerprint density at radius 1 is 1.64 bits per heavy atom. The molecule has 0 radical (unpaired) electrons. The molecular weight excluding hydrogens is 180 g/mol. The lowest BCUT2D eigenvalue weighted by atomic mass is 10.2. The highest BCUT2D eigenvalue weighted by molar-refractivity contribution is 5.78. The van der Waals surface area contributed by atoms with Crippen molar-refractivity contribution in [3.8, 4) is 0 Å². The molecule has 2 N–H and O–H groups in total. The minimum absolute atomic E-state index is 0.00268. The van der Waals surface area contributed by atoms with Gasteiger partial charge in [0.15, 0.2) is 0 Å². The summed E-state index contributed by atoms with van der Waals surface area (Å²) >= 11 is 0. The largest absolute Gasteiger partial charge is 0.377 e. The topological polar surface area (TPSA) is 50.4 Å². The first-order valence-corrected chi connectivity index (χ1v) is 5.03. The second kappa shape index (κ2) is 6.56. The third-order valence-corrected chi connectivity index (χ3v) is 2.13. The summed E-state index contributed by atoms with van der Waals surface area (Å²) in [5.41, 5.74) is 0. The molecule has 0 aromatic rings. The maximum absolute atomic E-state index is 11.1. The molecule has 1 unspecified atom stereocenters. The first-order chi connectivity index (χ1) is 6.83. The van der Waals surface area contributed by atoms with Gasteiger partial charge in [0.2, 0.25) is 5.91 Å². The summed E-state index contributed by atoms with van der Waals surface area (Å²) in [6.45, 7) is 6.03. The van der Waals surface area contributed by atoms with Gasteiger partial charge >= 0.3 is 0 Å². The Labute approximate surface area is 84.7 Å². The van der Waals surface area contributed by atoms with E-state index in [4.69, 9.17) is 4.74 Å². The van der Waals surface area contributed by atoms with E-state index in [1.54, 1.807) is 6.08 Å². The molecule has 1 atom stereocenters. The van der Waals surface area contributed by atoms with E-state index in [1.165, 1.54) is 0 Å². The highest BCUT2D eigenvalue weighted by atomic mass is 16.5. The van der Waals surface area contributed by atoms with E-state index in [0.29, 0.717) is 19.2 Å². The molecule has 0 saturated carbocycles. The standard InChI is InChI=1S/C10H18N2O2/c1-2-5-12-10(13)8-11-7-9-4-3-6-14-9/h2,9,11H,1,3-8H2,(H,12,13). The van der Waals surface area contributed by atoms with Crippen molar-refractivity contribution in [2.24, 2.45) is 0 Å². The fourth-order valence-corrected chi connectivity index (χ4v) is 1.40. The monoisotopic (exact) mass is 198 g/mol. The van der Waals surface area contributed by atoms with Crippen LogP contribution in [0, 0.1) is 0 Å². The number of carbonyl (C=O) groups excluding carboxylic acids is 1. The van der Waals surface area contributed by atoms with E-state index in [-0.39, 0.29) is 5.91 Å². The maximum atomic E-state index is 11.1. The predicted octanol–water partition coefficient (Wildman–Crippen LogP) is 0.0572. The van der Waals surface area contributed by atoms with E-state index in [1.807, 2.05) is 0 Å². The minimum Gasteiger partial charge on any atom is -0.377 e. The van der Waals surface area contributed by atoms with E-state index >= 15 is 0 Å². The quantitative estimate of drug-likeness (QED) is 0.593. The summed E-state index contributed by atoms with van der Waals surface area (Å²) in [6, 6.07) is 0. The van der Waals surface area contributed by atoms with Gasteiger partial charge in [-0.3, -0.25) is 4.79 Å². The van der Waals surface area contributed by atoms with Gasteiger partial charge < -0.3 is 15.4 Å². The number of hydrogen-bond acceptors (Lipinski definition) is 3. The molecule has 4 nitrogen and oxygen atoms in total. The number of rotatable bonds is 6. The fourth-order valence-electron chi connectivity index (χ4n) is 1.40. The van der Waals surface area contributed by atoms with Crippen LogP contribution in [0.25, 0.3) is 0 Å². The number of nitrogens with one attached hydrogen (secondary N) is 2. The fraction of sp³-hybridized carbons (Fsp3) is 0.700. The highest BCUT2D eigenvalue weighted by Crippen LogP contribution is 2.10.